The minimum absolute atomic E-state index is 0.499. The summed E-state index contributed by atoms with van der Waals surface area (Å²) >= 11 is 0. The highest BCUT2D eigenvalue weighted by Crippen LogP contribution is 2.45. The van der Waals surface area contributed by atoms with Gasteiger partial charge in [-0.3, -0.25) is 0 Å². The molecule has 0 aromatic heterocycles. The highest BCUT2D eigenvalue weighted by atomic mass is 15.1. The summed E-state index contributed by atoms with van der Waals surface area (Å²) in [7, 11) is 2.18. The number of rotatable bonds is 4. The lowest BCUT2D eigenvalue weighted by Gasteiger charge is -2.25. The molecule has 0 aliphatic heterocycles. The predicted octanol–water partition coefficient (Wildman–Crippen LogP) is 1.07. The Labute approximate surface area is 69.8 Å². The first-order valence-corrected chi connectivity index (χ1v) is 4.50. The molecule has 66 valence electrons. The molecule has 1 rings (SSSR count). The Kier molecular flexibility index (Phi) is 2.55. The molecule has 11 heavy (non-hydrogen) atoms. The third-order valence-electron chi connectivity index (χ3n) is 2.86. The van der Waals surface area contributed by atoms with E-state index < -0.39 is 0 Å². The van der Waals surface area contributed by atoms with Gasteiger partial charge in [-0.2, -0.15) is 0 Å². The van der Waals surface area contributed by atoms with Gasteiger partial charge in [0.15, 0.2) is 0 Å². The fourth-order valence-corrected chi connectivity index (χ4v) is 1.32. The van der Waals surface area contributed by atoms with Crippen LogP contribution in [0.1, 0.15) is 26.7 Å². The summed E-state index contributed by atoms with van der Waals surface area (Å²) in [6.07, 6.45) is 2.67. The molecule has 2 heteroatoms. The van der Waals surface area contributed by atoms with Gasteiger partial charge in [-0.1, -0.05) is 0 Å². The topological polar surface area (TPSA) is 29.3 Å². The number of nitrogens with zero attached hydrogens (tertiary/aromatic N) is 1. The summed E-state index contributed by atoms with van der Waals surface area (Å²) < 4.78 is 0. The number of hydrogen-bond donors (Lipinski definition) is 1. The predicted molar refractivity (Wildman–Crippen MR) is 48.5 cm³/mol. The standard InChI is InChI=1S/C9H20N2/c1-8(2)11(3)7-9(6-10)4-5-9/h8H,4-7,10H2,1-3H3. The van der Waals surface area contributed by atoms with Crippen molar-refractivity contribution in [3.63, 3.8) is 0 Å². The zero-order valence-corrected chi connectivity index (χ0v) is 7.93. The Hall–Kier alpha value is -0.0800. The molecule has 0 aromatic rings. The first-order valence-electron chi connectivity index (χ1n) is 4.50. The van der Waals surface area contributed by atoms with E-state index in [1.807, 2.05) is 0 Å². The van der Waals surface area contributed by atoms with Crippen LogP contribution >= 0.6 is 0 Å². The van der Waals surface area contributed by atoms with Crippen molar-refractivity contribution in [1.29, 1.82) is 0 Å². The van der Waals surface area contributed by atoms with Crippen LogP contribution < -0.4 is 5.73 Å². The third kappa shape index (κ3) is 2.17. The summed E-state index contributed by atoms with van der Waals surface area (Å²) in [6, 6.07) is 0.652. The molecule has 0 spiro atoms. The summed E-state index contributed by atoms with van der Waals surface area (Å²) in [5.74, 6) is 0. The molecule has 2 nitrogen and oxygen atoms in total. The molecule has 1 saturated carbocycles. The molecule has 0 aromatic carbocycles. The van der Waals surface area contributed by atoms with Crippen LogP contribution in [0.5, 0.6) is 0 Å². The molecular weight excluding hydrogens is 136 g/mol. The molecule has 0 saturated heterocycles. The molecule has 0 bridgehead atoms. The van der Waals surface area contributed by atoms with Crippen LogP contribution in [0.2, 0.25) is 0 Å². The number of nitrogens with two attached hydrogens (primary N) is 1. The van der Waals surface area contributed by atoms with Gasteiger partial charge in [-0.15, -0.1) is 0 Å². The van der Waals surface area contributed by atoms with Crippen molar-refractivity contribution in [3.05, 3.63) is 0 Å². The van der Waals surface area contributed by atoms with E-state index in [2.05, 4.69) is 25.8 Å². The Balaban J connectivity index is 2.30. The molecule has 1 aliphatic rings. The van der Waals surface area contributed by atoms with Gasteiger partial charge in [0.1, 0.15) is 0 Å². The third-order valence-corrected chi connectivity index (χ3v) is 2.86. The smallest absolute Gasteiger partial charge is 0.00497 e. The minimum Gasteiger partial charge on any atom is -0.330 e. The monoisotopic (exact) mass is 156 g/mol. The van der Waals surface area contributed by atoms with Crippen LogP contribution in [0.3, 0.4) is 0 Å². The normalized spacial score (nSPS) is 21.3. The fraction of sp³-hybridized carbons (Fsp3) is 1.00. The van der Waals surface area contributed by atoms with Crippen molar-refractivity contribution in [1.82, 2.24) is 4.90 Å². The largest absolute Gasteiger partial charge is 0.330 e. The molecule has 0 radical (unpaired) electrons. The summed E-state index contributed by atoms with van der Waals surface area (Å²) in [5, 5.41) is 0. The maximum Gasteiger partial charge on any atom is 0.00497 e. The molecule has 1 fully saturated rings. The molecule has 2 N–H and O–H groups in total. The molecule has 0 heterocycles. The van der Waals surface area contributed by atoms with Gasteiger partial charge in [0.2, 0.25) is 0 Å². The van der Waals surface area contributed by atoms with Crippen molar-refractivity contribution in [2.24, 2.45) is 11.1 Å². The van der Waals surface area contributed by atoms with Crippen molar-refractivity contribution >= 4 is 0 Å². The van der Waals surface area contributed by atoms with Gasteiger partial charge in [-0.25, -0.2) is 0 Å². The van der Waals surface area contributed by atoms with Gasteiger partial charge >= 0.3 is 0 Å². The van der Waals surface area contributed by atoms with Crippen LogP contribution in [-0.4, -0.2) is 31.1 Å². The average Bonchev–Trinajstić information content (AvgIpc) is 2.69. The van der Waals surface area contributed by atoms with E-state index in [0.29, 0.717) is 11.5 Å². The molecular formula is C9H20N2. The van der Waals surface area contributed by atoms with E-state index in [9.17, 15) is 0 Å². The Morgan fingerprint density at radius 3 is 2.27 bits per heavy atom. The maximum absolute atomic E-state index is 5.69. The lowest BCUT2D eigenvalue weighted by atomic mass is 10.1. The number of hydrogen-bond acceptors (Lipinski definition) is 2. The van der Waals surface area contributed by atoms with E-state index in [4.69, 9.17) is 5.73 Å². The summed E-state index contributed by atoms with van der Waals surface area (Å²) in [4.78, 5) is 2.39. The second kappa shape index (κ2) is 3.11. The lowest BCUT2D eigenvalue weighted by Crippen LogP contribution is -2.35. The maximum atomic E-state index is 5.69. The van der Waals surface area contributed by atoms with Crippen LogP contribution in [0, 0.1) is 5.41 Å². The average molecular weight is 156 g/mol. The zero-order valence-electron chi connectivity index (χ0n) is 7.93. The van der Waals surface area contributed by atoms with E-state index in [0.717, 1.165) is 6.54 Å². The van der Waals surface area contributed by atoms with Crippen LogP contribution in [-0.2, 0) is 0 Å². The summed E-state index contributed by atoms with van der Waals surface area (Å²) in [6.45, 7) is 6.50. The lowest BCUT2D eigenvalue weighted by molar-refractivity contribution is 0.222. The minimum atomic E-state index is 0.499. The highest BCUT2D eigenvalue weighted by Gasteiger charge is 2.41. The van der Waals surface area contributed by atoms with E-state index in [1.165, 1.54) is 19.4 Å². The van der Waals surface area contributed by atoms with Gasteiger partial charge in [0.05, 0.1) is 0 Å². The molecule has 0 atom stereocenters. The summed E-state index contributed by atoms with van der Waals surface area (Å²) in [5.41, 5.74) is 6.19. The van der Waals surface area contributed by atoms with Crippen molar-refractivity contribution < 1.29 is 0 Å². The zero-order chi connectivity index (χ0) is 8.48. The quantitative estimate of drug-likeness (QED) is 0.659. The van der Waals surface area contributed by atoms with Gasteiger partial charge < -0.3 is 10.6 Å². The Morgan fingerprint density at radius 2 is 2.00 bits per heavy atom. The van der Waals surface area contributed by atoms with E-state index in [-0.39, 0.29) is 0 Å². The Bertz CT molecular complexity index is 128. The van der Waals surface area contributed by atoms with E-state index >= 15 is 0 Å². The van der Waals surface area contributed by atoms with Crippen molar-refractivity contribution in [3.8, 4) is 0 Å². The highest BCUT2D eigenvalue weighted by molar-refractivity contribution is 4.96. The van der Waals surface area contributed by atoms with Crippen molar-refractivity contribution in [2.45, 2.75) is 32.7 Å². The fourth-order valence-electron chi connectivity index (χ4n) is 1.32. The SMILES string of the molecule is CC(C)N(C)CC1(CN)CC1. The second-order valence-corrected chi connectivity index (χ2v) is 4.21. The van der Waals surface area contributed by atoms with Crippen LogP contribution in [0.15, 0.2) is 0 Å². The first-order chi connectivity index (χ1) is 5.09. The molecule has 0 amide bonds. The van der Waals surface area contributed by atoms with Gasteiger partial charge in [0, 0.05) is 12.6 Å². The van der Waals surface area contributed by atoms with Gasteiger partial charge in [-0.05, 0) is 45.7 Å². The van der Waals surface area contributed by atoms with Crippen LogP contribution in [0.25, 0.3) is 0 Å². The molecule has 0 unspecified atom stereocenters. The van der Waals surface area contributed by atoms with Crippen molar-refractivity contribution in [2.75, 3.05) is 20.1 Å². The Morgan fingerprint density at radius 1 is 1.45 bits per heavy atom. The second-order valence-electron chi connectivity index (χ2n) is 4.21. The van der Waals surface area contributed by atoms with E-state index in [1.54, 1.807) is 0 Å². The first kappa shape index (κ1) is 9.01. The van der Waals surface area contributed by atoms with Crippen LogP contribution in [0.4, 0.5) is 0 Å². The molecule has 1 aliphatic carbocycles. The van der Waals surface area contributed by atoms with Gasteiger partial charge in [0.25, 0.3) is 0 Å².